The van der Waals surface area contributed by atoms with E-state index in [0.29, 0.717) is 17.0 Å². The van der Waals surface area contributed by atoms with E-state index in [-0.39, 0.29) is 17.5 Å². The summed E-state index contributed by atoms with van der Waals surface area (Å²) in [4.78, 5) is 11.7. The number of esters is 1. The second kappa shape index (κ2) is 4.19. The molecule has 102 valence electrons. The van der Waals surface area contributed by atoms with Gasteiger partial charge in [0.15, 0.2) is 0 Å². The molecule has 1 aromatic carbocycles. The molecule has 2 bridgehead atoms. The van der Waals surface area contributed by atoms with Crippen LogP contribution in [0.1, 0.15) is 12.0 Å². The number of carbonyl (C=O) groups is 1. The Morgan fingerprint density at radius 1 is 1.42 bits per heavy atom. The molecule has 2 aliphatic heterocycles. The number of nitrogens with zero attached hydrogens (tertiary/aromatic N) is 1. The Morgan fingerprint density at radius 2 is 2.16 bits per heavy atom. The second-order valence-electron chi connectivity index (χ2n) is 4.79. The first-order valence-electron chi connectivity index (χ1n) is 5.88. The van der Waals surface area contributed by atoms with Gasteiger partial charge in [0.1, 0.15) is 12.1 Å². The standard InChI is InChI=1S/C12H12ClNO4S/c1-7-2-3-8(13)4-11(7)19(16,17)14-6-9-5-10(14)12(15)18-9/h2-4,9-10H,5-6H2,1H3/t9-,10-/m1/s1. The topological polar surface area (TPSA) is 63.7 Å². The molecule has 0 amide bonds. The highest BCUT2D eigenvalue weighted by Crippen LogP contribution is 2.35. The number of halogens is 1. The Labute approximate surface area is 116 Å². The highest BCUT2D eigenvalue weighted by molar-refractivity contribution is 7.89. The van der Waals surface area contributed by atoms with Gasteiger partial charge in [-0.3, -0.25) is 4.79 Å². The van der Waals surface area contributed by atoms with Crippen molar-refractivity contribution in [2.45, 2.75) is 30.4 Å². The molecule has 1 aromatic rings. The van der Waals surface area contributed by atoms with Gasteiger partial charge in [-0.1, -0.05) is 17.7 Å². The van der Waals surface area contributed by atoms with Gasteiger partial charge in [0.25, 0.3) is 0 Å². The van der Waals surface area contributed by atoms with E-state index in [2.05, 4.69) is 0 Å². The summed E-state index contributed by atoms with van der Waals surface area (Å²) in [5.74, 6) is -0.459. The van der Waals surface area contributed by atoms with Crippen molar-refractivity contribution < 1.29 is 17.9 Å². The minimum absolute atomic E-state index is 0.153. The van der Waals surface area contributed by atoms with Crippen LogP contribution in [0.2, 0.25) is 5.02 Å². The zero-order valence-corrected chi connectivity index (χ0v) is 11.7. The molecule has 2 aliphatic rings. The van der Waals surface area contributed by atoms with Crippen LogP contribution in [0.5, 0.6) is 0 Å². The Balaban J connectivity index is 2.04. The van der Waals surface area contributed by atoms with Crippen molar-refractivity contribution in [3.8, 4) is 0 Å². The summed E-state index contributed by atoms with van der Waals surface area (Å²) in [6.45, 7) is 1.93. The summed E-state index contributed by atoms with van der Waals surface area (Å²) >= 11 is 5.86. The molecule has 2 fully saturated rings. The number of hydrogen-bond donors (Lipinski definition) is 0. The van der Waals surface area contributed by atoms with Crippen molar-refractivity contribution in [1.29, 1.82) is 0 Å². The predicted molar refractivity (Wildman–Crippen MR) is 68.4 cm³/mol. The van der Waals surface area contributed by atoms with Crippen LogP contribution in [0.25, 0.3) is 0 Å². The van der Waals surface area contributed by atoms with E-state index >= 15 is 0 Å². The summed E-state index contributed by atoms with van der Waals surface area (Å²) in [7, 11) is -3.71. The van der Waals surface area contributed by atoms with Gasteiger partial charge in [-0.15, -0.1) is 0 Å². The average Bonchev–Trinajstić information content (AvgIpc) is 2.91. The van der Waals surface area contributed by atoms with E-state index in [1.165, 1.54) is 10.4 Å². The van der Waals surface area contributed by atoms with E-state index in [1.807, 2.05) is 0 Å². The SMILES string of the molecule is Cc1ccc(Cl)cc1S(=O)(=O)N1C[C@H]2C[C@@H]1C(=O)O2. The number of morpholine rings is 1. The second-order valence-corrected chi connectivity index (χ2v) is 7.09. The van der Waals surface area contributed by atoms with Crippen LogP contribution in [0, 0.1) is 6.92 Å². The number of carbonyl (C=O) groups excluding carboxylic acids is 1. The first-order valence-corrected chi connectivity index (χ1v) is 7.70. The molecular weight excluding hydrogens is 290 g/mol. The fourth-order valence-corrected chi connectivity index (χ4v) is 4.66. The monoisotopic (exact) mass is 301 g/mol. The van der Waals surface area contributed by atoms with E-state index < -0.39 is 22.0 Å². The quantitative estimate of drug-likeness (QED) is 0.773. The number of rotatable bonds is 2. The molecule has 19 heavy (non-hydrogen) atoms. The van der Waals surface area contributed by atoms with Crippen LogP contribution in [0.4, 0.5) is 0 Å². The van der Waals surface area contributed by atoms with Crippen molar-refractivity contribution in [3.63, 3.8) is 0 Å². The molecule has 0 saturated carbocycles. The molecule has 7 heteroatoms. The number of fused-ring (bicyclic) bond motifs is 2. The molecule has 0 radical (unpaired) electrons. The lowest BCUT2D eigenvalue weighted by molar-refractivity contribution is -0.148. The van der Waals surface area contributed by atoms with E-state index in [9.17, 15) is 13.2 Å². The zero-order valence-electron chi connectivity index (χ0n) is 10.2. The first-order chi connectivity index (χ1) is 8.89. The summed E-state index contributed by atoms with van der Waals surface area (Å²) < 4.78 is 31.4. The van der Waals surface area contributed by atoms with Gasteiger partial charge in [0.05, 0.1) is 11.4 Å². The Kier molecular flexibility index (Phi) is 2.85. The lowest BCUT2D eigenvalue weighted by Gasteiger charge is -2.25. The Hall–Kier alpha value is -1.11. The molecule has 0 aliphatic carbocycles. The van der Waals surface area contributed by atoms with Gasteiger partial charge >= 0.3 is 5.97 Å². The van der Waals surface area contributed by atoms with Gasteiger partial charge < -0.3 is 4.74 Å². The third-order valence-electron chi connectivity index (χ3n) is 3.51. The van der Waals surface area contributed by atoms with E-state index in [0.717, 1.165) is 0 Å². The summed E-state index contributed by atoms with van der Waals surface area (Å²) in [6.07, 6.45) is 0.129. The van der Waals surface area contributed by atoms with Gasteiger partial charge in [0, 0.05) is 11.4 Å². The highest BCUT2D eigenvalue weighted by Gasteiger charge is 2.51. The van der Waals surface area contributed by atoms with Crippen LogP contribution in [0.15, 0.2) is 23.1 Å². The minimum atomic E-state index is -3.71. The molecule has 2 atom stereocenters. The fourth-order valence-electron chi connectivity index (χ4n) is 2.55. The Morgan fingerprint density at radius 3 is 2.79 bits per heavy atom. The van der Waals surface area contributed by atoms with Gasteiger partial charge in [-0.2, -0.15) is 4.31 Å². The fraction of sp³-hybridized carbons (Fsp3) is 0.417. The molecule has 0 spiro atoms. The van der Waals surface area contributed by atoms with Crippen LogP contribution in [-0.2, 0) is 19.6 Å². The molecule has 5 nitrogen and oxygen atoms in total. The van der Waals surface area contributed by atoms with Gasteiger partial charge in [0.2, 0.25) is 10.0 Å². The smallest absolute Gasteiger partial charge is 0.324 e. The number of sulfonamides is 1. The lowest BCUT2D eigenvalue weighted by atomic mass is 10.2. The molecule has 2 saturated heterocycles. The van der Waals surface area contributed by atoms with Crippen molar-refractivity contribution >= 4 is 27.6 Å². The number of aryl methyl sites for hydroxylation is 1. The molecule has 2 heterocycles. The van der Waals surface area contributed by atoms with Crippen LogP contribution < -0.4 is 0 Å². The van der Waals surface area contributed by atoms with Crippen LogP contribution >= 0.6 is 11.6 Å². The normalized spacial score (nSPS) is 26.7. The zero-order chi connectivity index (χ0) is 13.8. The highest BCUT2D eigenvalue weighted by atomic mass is 35.5. The average molecular weight is 302 g/mol. The van der Waals surface area contributed by atoms with E-state index in [4.69, 9.17) is 16.3 Å². The lowest BCUT2D eigenvalue weighted by Crippen LogP contribution is -2.44. The summed E-state index contributed by atoms with van der Waals surface area (Å²) in [5, 5.41) is 0.358. The maximum atomic E-state index is 12.6. The molecule has 0 N–H and O–H groups in total. The number of benzene rings is 1. The maximum absolute atomic E-state index is 12.6. The molecule has 0 unspecified atom stereocenters. The maximum Gasteiger partial charge on any atom is 0.324 e. The Bertz CT molecular complexity index is 658. The third-order valence-corrected chi connectivity index (χ3v) is 5.76. The van der Waals surface area contributed by atoms with Crippen molar-refractivity contribution in [3.05, 3.63) is 28.8 Å². The van der Waals surface area contributed by atoms with Crippen molar-refractivity contribution in [2.75, 3.05) is 6.54 Å². The number of ether oxygens (including phenoxy) is 1. The minimum Gasteiger partial charge on any atom is -0.460 e. The predicted octanol–water partition coefficient (Wildman–Crippen LogP) is 1.34. The molecular formula is C12H12ClNO4S. The molecule has 3 rings (SSSR count). The van der Waals surface area contributed by atoms with Crippen molar-refractivity contribution in [2.24, 2.45) is 0 Å². The number of hydrogen-bond acceptors (Lipinski definition) is 4. The van der Waals surface area contributed by atoms with Crippen LogP contribution in [-0.4, -0.2) is 37.4 Å². The first kappa shape index (κ1) is 12.9. The summed E-state index contributed by atoms with van der Waals surface area (Å²) in [5.41, 5.74) is 0.612. The van der Waals surface area contributed by atoms with E-state index in [1.54, 1.807) is 19.1 Å². The van der Waals surface area contributed by atoms with Crippen molar-refractivity contribution in [1.82, 2.24) is 4.31 Å². The van der Waals surface area contributed by atoms with Gasteiger partial charge in [-0.25, -0.2) is 8.42 Å². The molecule has 0 aromatic heterocycles. The largest absolute Gasteiger partial charge is 0.460 e. The van der Waals surface area contributed by atoms with Gasteiger partial charge in [-0.05, 0) is 24.6 Å². The third kappa shape index (κ3) is 1.94. The van der Waals surface area contributed by atoms with Crippen LogP contribution in [0.3, 0.4) is 0 Å². The summed E-state index contributed by atoms with van der Waals surface area (Å²) in [6, 6.07) is 4.03.